The molecule has 0 fully saturated rings. The van der Waals surface area contributed by atoms with Crippen LogP contribution < -0.4 is 5.32 Å². The Hall–Kier alpha value is -2.62. The molecule has 0 radical (unpaired) electrons. The lowest BCUT2D eigenvalue weighted by Crippen LogP contribution is -2.26. The smallest absolute Gasteiger partial charge is 0.251 e. The van der Waals surface area contributed by atoms with Crippen molar-refractivity contribution < 1.29 is 9.59 Å². The second kappa shape index (κ2) is 8.29. The molecular weight excluding hydrogens is 300 g/mol. The van der Waals surface area contributed by atoms with Gasteiger partial charge in [0.2, 0.25) is 5.91 Å². The highest BCUT2D eigenvalue weighted by Crippen LogP contribution is 2.10. The molecule has 0 aliphatic carbocycles. The molecular formula is C20H24N2O2. The van der Waals surface area contributed by atoms with Gasteiger partial charge in [0.25, 0.3) is 5.91 Å². The predicted octanol–water partition coefficient (Wildman–Crippen LogP) is 2.95. The molecule has 2 rings (SSSR count). The highest BCUT2D eigenvalue weighted by Gasteiger charge is 2.10. The van der Waals surface area contributed by atoms with E-state index in [-0.39, 0.29) is 11.8 Å². The minimum absolute atomic E-state index is 0.107. The highest BCUT2D eigenvalue weighted by atomic mass is 16.2. The molecule has 24 heavy (non-hydrogen) atoms. The van der Waals surface area contributed by atoms with Crippen molar-refractivity contribution in [1.29, 1.82) is 0 Å². The van der Waals surface area contributed by atoms with Gasteiger partial charge in [-0.25, -0.2) is 0 Å². The summed E-state index contributed by atoms with van der Waals surface area (Å²) in [5.41, 5.74) is 4.03. The average Bonchev–Trinajstić information content (AvgIpc) is 2.59. The number of rotatable bonds is 6. The molecule has 1 N–H and O–H groups in total. The lowest BCUT2D eigenvalue weighted by Gasteiger charge is -2.17. The predicted molar refractivity (Wildman–Crippen MR) is 95.8 cm³/mol. The minimum Gasteiger partial charge on any atom is -0.355 e. The van der Waals surface area contributed by atoms with Crippen molar-refractivity contribution in [2.24, 2.45) is 0 Å². The van der Waals surface area contributed by atoms with E-state index in [2.05, 4.69) is 30.4 Å². The van der Waals surface area contributed by atoms with Crippen molar-refractivity contribution in [1.82, 2.24) is 10.2 Å². The summed E-state index contributed by atoms with van der Waals surface area (Å²) >= 11 is 0. The first kappa shape index (κ1) is 17.7. The van der Waals surface area contributed by atoms with Crippen molar-refractivity contribution >= 4 is 11.8 Å². The number of nitrogens with one attached hydrogen (secondary N) is 1. The summed E-state index contributed by atoms with van der Waals surface area (Å²) in [5, 5.41) is 2.59. The number of carbonyl (C=O) groups excluding carboxylic acids is 2. The number of aryl methyl sites for hydroxylation is 2. The molecule has 0 aromatic heterocycles. The van der Waals surface area contributed by atoms with Crippen molar-refractivity contribution in [3.63, 3.8) is 0 Å². The van der Waals surface area contributed by atoms with E-state index in [1.54, 1.807) is 24.1 Å². The molecule has 4 nitrogen and oxygen atoms in total. The Morgan fingerprint density at radius 1 is 1.04 bits per heavy atom. The van der Waals surface area contributed by atoms with Crippen LogP contribution in [0.25, 0.3) is 0 Å². The van der Waals surface area contributed by atoms with E-state index in [4.69, 9.17) is 0 Å². The van der Waals surface area contributed by atoms with Gasteiger partial charge in [-0.2, -0.15) is 0 Å². The third kappa shape index (κ3) is 4.95. The summed E-state index contributed by atoms with van der Waals surface area (Å²) in [6.45, 7) is 2.60. The molecule has 2 aromatic rings. The van der Waals surface area contributed by atoms with Crippen molar-refractivity contribution in [3.8, 4) is 0 Å². The topological polar surface area (TPSA) is 49.4 Å². The second-order valence-corrected chi connectivity index (χ2v) is 6.01. The second-order valence-electron chi connectivity index (χ2n) is 6.01. The maximum absolute atomic E-state index is 12.3. The molecule has 0 bridgehead atoms. The largest absolute Gasteiger partial charge is 0.355 e. The van der Waals surface area contributed by atoms with Crippen LogP contribution in [-0.2, 0) is 17.8 Å². The Bertz CT molecular complexity index is 708. The zero-order valence-electron chi connectivity index (χ0n) is 14.5. The highest BCUT2D eigenvalue weighted by molar-refractivity contribution is 5.93. The molecule has 2 aromatic carbocycles. The number of carbonyl (C=O) groups is 2. The number of benzene rings is 2. The van der Waals surface area contributed by atoms with E-state index in [1.807, 2.05) is 25.2 Å². The van der Waals surface area contributed by atoms with Crippen LogP contribution in [0, 0.1) is 6.92 Å². The molecule has 0 saturated carbocycles. The fourth-order valence-electron chi connectivity index (χ4n) is 2.58. The molecule has 0 unspecified atom stereocenters. The van der Waals surface area contributed by atoms with Gasteiger partial charge < -0.3 is 10.2 Å². The summed E-state index contributed by atoms with van der Waals surface area (Å²) in [6.07, 6.45) is 1.25. The van der Waals surface area contributed by atoms with Gasteiger partial charge in [-0.1, -0.05) is 42.0 Å². The van der Waals surface area contributed by atoms with Crippen LogP contribution in [0.3, 0.4) is 0 Å². The molecule has 2 amide bonds. The number of nitrogens with zero attached hydrogens (tertiary/aromatic N) is 1. The Kier molecular flexibility index (Phi) is 6.13. The van der Waals surface area contributed by atoms with Gasteiger partial charge in [0.05, 0.1) is 0 Å². The van der Waals surface area contributed by atoms with Gasteiger partial charge in [-0.15, -0.1) is 0 Å². The number of hydrogen-bond donors (Lipinski definition) is 1. The summed E-state index contributed by atoms with van der Waals surface area (Å²) in [4.78, 5) is 25.5. The fourth-order valence-corrected chi connectivity index (χ4v) is 2.58. The summed E-state index contributed by atoms with van der Waals surface area (Å²) in [5.74, 6) is 0.0102. The first-order valence-electron chi connectivity index (χ1n) is 8.10. The first-order valence-corrected chi connectivity index (χ1v) is 8.10. The van der Waals surface area contributed by atoms with E-state index in [0.29, 0.717) is 18.5 Å². The monoisotopic (exact) mass is 324 g/mol. The molecule has 126 valence electrons. The quantitative estimate of drug-likeness (QED) is 0.888. The van der Waals surface area contributed by atoms with Gasteiger partial charge in [0.1, 0.15) is 0 Å². The molecule has 0 heterocycles. The maximum Gasteiger partial charge on any atom is 0.251 e. The van der Waals surface area contributed by atoms with E-state index >= 15 is 0 Å². The van der Waals surface area contributed by atoms with E-state index in [1.165, 1.54) is 11.1 Å². The van der Waals surface area contributed by atoms with Crippen LogP contribution in [0.2, 0.25) is 0 Å². The van der Waals surface area contributed by atoms with Gasteiger partial charge in [-0.05, 0) is 36.6 Å². The molecule has 0 saturated heterocycles. The van der Waals surface area contributed by atoms with Crippen molar-refractivity contribution in [2.75, 3.05) is 14.1 Å². The Morgan fingerprint density at radius 3 is 2.38 bits per heavy atom. The van der Waals surface area contributed by atoms with Crippen molar-refractivity contribution in [3.05, 3.63) is 70.8 Å². The standard InChI is InChI=1S/C20H24N2O2/c1-15-5-4-6-16(13-15)9-12-19(23)22(3)14-17-7-10-18(11-8-17)20(24)21-2/h4-8,10-11,13H,9,12,14H2,1-3H3,(H,21,24). The number of amides is 2. The molecule has 0 atom stereocenters. The van der Waals surface area contributed by atoms with Crippen LogP contribution in [-0.4, -0.2) is 30.8 Å². The van der Waals surface area contributed by atoms with Gasteiger partial charge in [-0.3, -0.25) is 9.59 Å². The van der Waals surface area contributed by atoms with E-state index in [0.717, 1.165) is 12.0 Å². The fraction of sp³-hybridized carbons (Fsp3) is 0.300. The third-order valence-electron chi connectivity index (χ3n) is 4.00. The molecule has 0 spiro atoms. The van der Waals surface area contributed by atoms with Crippen LogP contribution in [0.15, 0.2) is 48.5 Å². The third-order valence-corrected chi connectivity index (χ3v) is 4.00. The minimum atomic E-state index is -0.107. The van der Waals surface area contributed by atoms with Crippen LogP contribution in [0.1, 0.15) is 33.5 Å². The van der Waals surface area contributed by atoms with Gasteiger partial charge in [0.15, 0.2) is 0 Å². The zero-order chi connectivity index (χ0) is 17.5. The lowest BCUT2D eigenvalue weighted by atomic mass is 10.1. The Morgan fingerprint density at radius 2 is 1.75 bits per heavy atom. The Balaban J connectivity index is 1.88. The van der Waals surface area contributed by atoms with Gasteiger partial charge >= 0.3 is 0 Å². The maximum atomic E-state index is 12.3. The average molecular weight is 324 g/mol. The summed E-state index contributed by atoms with van der Waals surface area (Å²) in [6, 6.07) is 15.6. The lowest BCUT2D eigenvalue weighted by molar-refractivity contribution is -0.130. The first-order chi connectivity index (χ1) is 11.5. The van der Waals surface area contributed by atoms with Crippen LogP contribution in [0.5, 0.6) is 0 Å². The summed E-state index contributed by atoms with van der Waals surface area (Å²) in [7, 11) is 3.42. The zero-order valence-corrected chi connectivity index (χ0v) is 14.5. The van der Waals surface area contributed by atoms with E-state index < -0.39 is 0 Å². The van der Waals surface area contributed by atoms with Gasteiger partial charge in [0, 0.05) is 32.6 Å². The van der Waals surface area contributed by atoms with E-state index in [9.17, 15) is 9.59 Å². The van der Waals surface area contributed by atoms with Crippen molar-refractivity contribution in [2.45, 2.75) is 26.3 Å². The molecule has 0 aliphatic heterocycles. The normalized spacial score (nSPS) is 10.3. The Labute approximate surface area is 143 Å². The number of hydrogen-bond acceptors (Lipinski definition) is 2. The SMILES string of the molecule is CNC(=O)c1ccc(CN(C)C(=O)CCc2cccc(C)c2)cc1. The molecule has 4 heteroatoms. The van der Waals surface area contributed by atoms with Crippen LogP contribution in [0.4, 0.5) is 0 Å². The molecule has 0 aliphatic rings. The van der Waals surface area contributed by atoms with Crippen LogP contribution >= 0.6 is 0 Å². The summed E-state index contributed by atoms with van der Waals surface area (Å²) < 4.78 is 0.